The summed E-state index contributed by atoms with van der Waals surface area (Å²) in [6, 6.07) is 4.35. The van der Waals surface area contributed by atoms with Gasteiger partial charge < -0.3 is 5.32 Å². The van der Waals surface area contributed by atoms with Crippen molar-refractivity contribution in [3.63, 3.8) is 0 Å². The minimum absolute atomic E-state index is 0.209. The van der Waals surface area contributed by atoms with Gasteiger partial charge in [0.25, 0.3) is 0 Å². The highest BCUT2D eigenvalue weighted by Gasteiger charge is 2.31. The molecule has 1 saturated carbocycles. The molecule has 0 amide bonds. The monoisotopic (exact) mass is 274 g/mol. The Morgan fingerprint density at radius 2 is 2.10 bits per heavy atom. The van der Waals surface area contributed by atoms with Crippen LogP contribution in [0.1, 0.15) is 64.9 Å². The molecule has 1 aliphatic carbocycles. The van der Waals surface area contributed by atoms with Crippen molar-refractivity contribution in [3.8, 4) is 0 Å². The quantitative estimate of drug-likeness (QED) is 0.881. The van der Waals surface area contributed by atoms with Crippen LogP contribution >= 0.6 is 0 Å². The van der Waals surface area contributed by atoms with E-state index in [9.17, 15) is 0 Å². The van der Waals surface area contributed by atoms with E-state index < -0.39 is 0 Å². The molecule has 1 N–H and O–H groups in total. The van der Waals surface area contributed by atoms with Crippen molar-refractivity contribution >= 4 is 0 Å². The molecular formula is C18H30N2. The lowest BCUT2D eigenvalue weighted by Gasteiger charge is -2.38. The highest BCUT2D eigenvalue weighted by atomic mass is 14.9. The number of pyridine rings is 1. The fourth-order valence-electron chi connectivity index (χ4n) is 3.38. The largest absolute Gasteiger partial charge is 0.312 e. The van der Waals surface area contributed by atoms with E-state index in [1.54, 1.807) is 0 Å². The van der Waals surface area contributed by atoms with Crippen LogP contribution in [0.15, 0.2) is 24.5 Å². The summed E-state index contributed by atoms with van der Waals surface area (Å²) in [5.41, 5.74) is 1.65. The predicted octanol–water partition coefficient (Wildman–Crippen LogP) is 4.38. The van der Waals surface area contributed by atoms with Crippen LogP contribution in [0.2, 0.25) is 0 Å². The summed E-state index contributed by atoms with van der Waals surface area (Å²) in [5.74, 6) is 2.32. The predicted molar refractivity (Wildman–Crippen MR) is 85.9 cm³/mol. The van der Waals surface area contributed by atoms with Crippen molar-refractivity contribution in [2.24, 2.45) is 11.8 Å². The summed E-state index contributed by atoms with van der Waals surface area (Å²) in [4.78, 5) is 4.33. The van der Waals surface area contributed by atoms with Crippen LogP contribution in [-0.4, -0.2) is 17.1 Å². The van der Waals surface area contributed by atoms with Gasteiger partial charge >= 0.3 is 0 Å². The van der Waals surface area contributed by atoms with Gasteiger partial charge in [0.2, 0.25) is 0 Å². The van der Waals surface area contributed by atoms with Crippen molar-refractivity contribution in [3.05, 3.63) is 30.1 Å². The van der Waals surface area contributed by atoms with E-state index in [0.717, 1.165) is 18.4 Å². The van der Waals surface area contributed by atoms with Crippen LogP contribution in [0.5, 0.6) is 0 Å². The second kappa shape index (κ2) is 6.71. The van der Waals surface area contributed by atoms with Crippen LogP contribution < -0.4 is 5.32 Å². The Bertz CT molecular complexity index is 394. The minimum atomic E-state index is 0.209. The van der Waals surface area contributed by atoms with E-state index >= 15 is 0 Å². The number of aromatic nitrogens is 1. The molecule has 1 aromatic heterocycles. The second-order valence-electron chi connectivity index (χ2n) is 7.37. The molecule has 0 spiro atoms. The molecule has 1 aromatic rings. The van der Waals surface area contributed by atoms with Gasteiger partial charge in [0.15, 0.2) is 0 Å². The van der Waals surface area contributed by atoms with Crippen LogP contribution in [0, 0.1) is 11.8 Å². The first-order valence-corrected chi connectivity index (χ1v) is 8.14. The molecule has 0 aromatic carbocycles. The average Bonchev–Trinajstić information content (AvgIpc) is 2.45. The van der Waals surface area contributed by atoms with Crippen molar-refractivity contribution < 1.29 is 0 Å². The lowest BCUT2D eigenvalue weighted by Crippen LogP contribution is -2.41. The third kappa shape index (κ3) is 4.31. The number of hydrogen-bond acceptors (Lipinski definition) is 2. The Hall–Kier alpha value is -0.890. The minimum Gasteiger partial charge on any atom is -0.312 e. The summed E-state index contributed by atoms with van der Waals surface area (Å²) >= 11 is 0. The molecule has 0 bridgehead atoms. The van der Waals surface area contributed by atoms with Gasteiger partial charge in [-0.05, 0) is 69.5 Å². The summed E-state index contributed by atoms with van der Waals surface area (Å²) in [6.07, 6.45) is 9.35. The van der Waals surface area contributed by atoms with E-state index in [4.69, 9.17) is 0 Å². The zero-order chi connectivity index (χ0) is 14.6. The van der Waals surface area contributed by atoms with Crippen LogP contribution in [0.3, 0.4) is 0 Å². The highest BCUT2D eigenvalue weighted by molar-refractivity contribution is 5.17. The van der Waals surface area contributed by atoms with Gasteiger partial charge in [0.05, 0.1) is 0 Å². The van der Waals surface area contributed by atoms with Crippen molar-refractivity contribution in [2.45, 2.75) is 64.8 Å². The summed E-state index contributed by atoms with van der Waals surface area (Å²) in [6.45, 7) is 10.2. The number of hydrogen-bond donors (Lipinski definition) is 1. The maximum absolute atomic E-state index is 4.33. The molecule has 3 atom stereocenters. The fourth-order valence-corrected chi connectivity index (χ4v) is 3.38. The van der Waals surface area contributed by atoms with Gasteiger partial charge in [0.1, 0.15) is 0 Å². The van der Waals surface area contributed by atoms with Gasteiger partial charge in [-0.1, -0.05) is 25.8 Å². The van der Waals surface area contributed by atoms with Crippen molar-refractivity contribution in [2.75, 3.05) is 6.54 Å². The fraction of sp³-hybridized carbons (Fsp3) is 0.722. The molecule has 0 aliphatic heterocycles. The molecule has 0 radical (unpaired) electrons. The molecule has 1 fully saturated rings. The number of nitrogens with zero attached hydrogens (tertiary/aromatic N) is 1. The zero-order valence-corrected chi connectivity index (χ0v) is 13.5. The average molecular weight is 274 g/mol. The molecule has 3 unspecified atom stereocenters. The maximum atomic E-state index is 4.33. The summed E-state index contributed by atoms with van der Waals surface area (Å²) in [7, 11) is 0. The first-order chi connectivity index (χ1) is 9.49. The SMILES string of the molecule is CCC1CCC(CNC(C)(C)C)C(c2cccnc2)C1. The van der Waals surface area contributed by atoms with Crippen LogP contribution in [0.4, 0.5) is 0 Å². The second-order valence-corrected chi connectivity index (χ2v) is 7.37. The molecule has 0 saturated heterocycles. The maximum Gasteiger partial charge on any atom is 0.0302 e. The molecule has 2 heteroatoms. The summed E-state index contributed by atoms with van der Waals surface area (Å²) in [5, 5.41) is 3.70. The van der Waals surface area contributed by atoms with Crippen LogP contribution in [-0.2, 0) is 0 Å². The Morgan fingerprint density at radius 1 is 1.30 bits per heavy atom. The van der Waals surface area contributed by atoms with Crippen molar-refractivity contribution in [1.82, 2.24) is 10.3 Å². The topological polar surface area (TPSA) is 24.9 Å². The van der Waals surface area contributed by atoms with E-state index in [2.05, 4.69) is 56.3 Å². The first-order valence-electron chi connectivity index (χ1n) is 8.14. The first kappa shape index (κ1) is 15.5. The van der Waals surface area contributed by atoms with E-state index in [-0.39, 0.29) is 5.54 Å². The standard InChI is InChI=1S/C18H30N2/c1-5-14-8-9-16(13-20-18(2,3)4)17(11-14)15-7-6-10-19-12-15/h6-7,10,12,14,16-17,20H,5,8-9,11,13H2,1-4H3. The molecule has 1 heterocycles. The van der Waals surface area contributed by atoms with Crippen LogP contribution in [0.25, 0.3) is 0 Å². The molecule has 2 nitrogen and oxygen atoms in total. The van der Waals surface area contributed by atoms with Crippen molar-refractivity contribution in [1.29, 1.82) is 0 Å². The van der Waals surface area contributed by atoms with E-state index in [0.29, 0.717) is 5.92 Å². The van der Waals surface area contributed by atoms with Gasteiger partial charge in [0, 0.05) is 17.9 Å². The Labute approximate surface area is 124 Å². The lowest BCUT2D eigenvalue weighted by atomic mass is 9.70. The van der Waals surface area contributed by atoms with Gasteiger partial charge in [-0.25, -0.2) is 0 Å². The highest BCUT2D eigenvalue weighted by Crippen LogP contribution is 2.41. The molecule has 1 aliphatic rings. The van der Waals surface area contributed by atoms with E-state index in [1.165, 1.54) is 31.2 Å². The molecule has 112 valence electrons. The third-order valence-electron chi connectivity index (χ3n) is 4.69. The zero-order valence-electron chi connectivity index (χ0n) is 13.5. The Morgan fingerprint density at radius 3 is 2.70 bits per heavy atom. The number of rotatable bonds is 4. The third-order valence-corrected chi connectivity index (χ3v) is 4.69. The molecular weight excluding hydrogens is 244 g/mol. The van der Waals surface area contributed by atoms with E-state index in [1.807, 2.05) is 6.20 Å². The lowest BCUT2D eigenvalue weighted by molar-refractivity contribution is 0.213. The molecule has 20 heavy (non-hydrogen) atoms. The molecule has 2 rings (SSSR count). The number of nitrogens with one attached hydrogen (secondary N) is 1. The van der Waals surface area contributed by atoms with Gasteiger partial charge in [-0.3, -0.25) is 4.98 Å². The summed E-state index contributed by atoms with van der Waals surface area (Å²) < 4.78 is 0. The van der Waals surface area contributed by atoms with Gasteiger partial charge in [-0.2, -0.15) is 0 Å². The van der Waals surface area contributed by atoms with Gasteiger partial charge in [-0.15, -0.1) is 0 Å². The Balaban J connectivity index is 2.08. The smallest absolute Gasteiger partial charge is 0.0302 e. The normalized spacial score (nSPS) is 27.5. The Kier molecular flexibility index (Phi) is 5.20.